The van der Waals surface area contributed by atoms with Crippen molar-refractivity contribution in [2.24, 2.45) is 11.7 Å². The van der Waals surface area contributed by atoms with E-state index in [4.69, 9.17) is 5.73 Å². The number of piperidine rings is 1. The molecular weight excluding hydrogens is 476 g/mol. The van der Waals surface area contributed by atoms with Gasteiger partial charge in [-0.05, 0) is 62.3 Å². The first-order valence-electron chi connectivity index (χ1n) is 12.2. The summed E-state index contributed by atoms with van der Waals surface area (Å²) >= 11 is 0. The zero-order valence-corrected chi connectivity index (χ0v) is 21.2. The number of hydrogen-bond donors (Lipinski definition) is 3. The number of nitrogens with one attached hydrogen (secondary N) is 2. The van der Waals surface area contributed by atoms with Crippen LogP contribution in [0.2, 0.25) is 0 Å². The molecule has 0 aliphatic carbocycles. The van der Waals surface area contributed by atoms with Crippen molar-refractivity contribution in [2.45, 2.75) is 37.5 Å². The second-order valence-electron chi connectivity index (χ2n) is 9.23. The Morgan fingerprint density at radius 3 is 2.33 bits per heavy atom. The molecule has 1 heterocycles. The fourth-order valence-corrected chi connectivity index (χ4v) is 6.03. The van der Waals surface area contributed by atoms with Crippen LogP contribution in [0.5, 0.6) is 0 Å². The van der Waals surface area contributed by atoms with Crippen LogP contribution in [0, 0.1) is 12.8 Å². The SMILES string of the molecule is Cc1ccccc1C(=O)Nc1ccc(S(=O)(=O)NCCCC2CCN(C(N)=O)CC2)c2ccccc12. The zero-order chi connectivity index (χ0) is 25.7. The molecule has 8 nitrogen and oxygen atoms in total. The number of anilines is 1. The van der Waals surface area contributed by atoms with Gasteiger partial charge in [0.2, 0.25) is 10.0 Å². The maximum absolute atomic E-state index is 13.2. The fraction of sp³-hybridized carbons (Fsp3) is 0.333. The molecule has 0 saturated carbocycles. The van der Waals surface area contributed by atoms with Gasteiger partial charge in [-0.2, -0.15) is 0 Å². The molecule has 0 aromatic heterocycles. The van der Waals surface area contributed by atoms with E-state index in [0.717, 1.165) is 24.8 Å². The summed E-state index contributed by atoms with van der Waals surface area (Å²) in [6, 6.07) is 17.3. The summed E-state index contributed by atoms with van der Waals surface area (Å²) in [5, 5.41) is 4.14. The van der Waals surface area contributed by atoms with E-state index in [1.807, 2.05) is 31.2 Å². The van der Waals surface area contributed by atoms with Crippen molar-refractivity contribution >= 4 is 38.4 Å². The van der Waals surface area contributed by atoms with E-state index >= 15 is 0 Å². The molecule has 3 aromatic carbocycles. The van der Waals surface area contributed by atoms with Crippen LogP contribution in [-0.4, -0.2) is 44.9 Å². The number of fused-ring (bicyclic) bond motifs is 1. The van der Waals surface area contributed by atoms with Gasteiger partial charge >= 0.3 is 6.03 Å². The number of carbonyl (C=O) groups excluding carboxylic acids is 2. The van der Waals surface area contributed by atoms with Gasteiger partial charge in [0.15, 0.2) is 0 Å². The Morgan fingerprint density at radius 1 is 0.972 bits per heavy atom. The number of nitrogens with zero attached hydrogens (tertiary/aromatic N) is 1. The van der Waals surface area contributed by atoms with E-state index < -0.39 is 10.0 Å². The molecule has 0 atom stereocenters. The predicted octanol–water partition coefficient (Wildman–Crippen LogP) is 4.25. The van der Waals surface area contributed by atoms with Gasteiger partial charge in [0.05, 0.1) is 4.90 Å². The molecule has 3 aromatic rings. The van der Waals surface area contributed by atoms with Crippen LogP contribution in [0.1, 0.15) is 41.6 Å². The molecule has 3 amide bonds. The van der Waals surface area contributed by atoms with Crippen LogP contribution >= 0.6 is 0 Å². The normalized spacial score (nSPS) is 14.6. The maximum atomic E-state index is 13.2. The van der Waals surface area contributed by atoms with Gasteiger partial charge in [-0.25, -0.2) is 17.9 Å². The lowest BCUT2D eigenvalue weighted by atomic mass is 9.92. The third kappa shape index (κ3) is 5.85. The number of sulfonamides is 1. The number of carbonyl (C=O) groups is 2. The van der Waals surface area contributed by atoms with Crippen molar-refractivity contribution < 1.29 is 18.0 Å². The lowest BCUT2D eigenvalue weighted by Crippen LogP contribution is -2.41. The van der Waals surface area contributed by atoms with Crippen molar-refractivity contribution in [1.29, 1.82) is 0 Å². The molecule has 4 N–H and O–H groups in total. The first-order valence-corrected chi connectivity index (χ1v) is 13.7. The molecule has 0 spiro atoms. The lowest BCUT2D eigenvalue weighted by molar-refractivity contribution is 0.102. The highest BCUT2D eigenvalue weighted by Gasteiger charge is 2.22. The number of nitrogens with two attached hydrogens (primary N) is 1. The third-order valence-corrected chi connectivity index (χ3v) is 8.34. The molecule has 1 aliphatic rings. The minimum Gasteiger partial charge on any atom is -0.351 e. The Balaban J connectivity index is 1.42. The van der Waals surface area contributed by atoms with Crippen LogP contribution in [0.4, 0.5) is 10.5 Å². The molecule has 1 saturated heterocycles. The predicted molar refractivity (Wildman–Crippen MR) is 141 cm³/mol. The maximum Gasteiger partial charge on any atom is 0.314 e. The minimum atomic E-state index is -3.75. The highest BCUT2D eigenvalue weighted by Crippen LogP contribution is 2.30. The number of primary amides is 1. The summed E-state index contributed by atoms with van der Waals surface area (Å²) < 4.78 is 29.0. The summed E-state index contributed by atoms with van der Waals surface area (Å²) in [7, 11) is -3.75. The highest BCUT2D eigenvalue weighted by atomic mass is 32.2. The molecular formula is C27H32N4O4S. The molecule has 1 fully saturated rings. The monoisotopic (exact) mass is 508 g/mol. The smallest absolute Gasteiger partial charge is 0.314 e. The van der Waals surface area contributed by atoms with E-state index in [-0.39, 0.29) is 16.8 Å². The Hall–Kier alpha value is -3.43. The molecule has 0 radical (unpaired) electrons. The van der Waals surface area contributed by atoms with Crippen LogP contribution in [0.3, 0.4) is 0 Å². The van der Waals surface area contributed by atoms with E-state index in [9.17, 15) is 18.0 Å². The lowest BCUT2D eigenvalue weighted by Gasteiger charge is -2.30. The number of likely N-dealkylation sites (tertiary alicyclic amines) is 1. The number of rotatable bonds is 8. The second-order valence-corrected chi connectivity index (χ2v) is 11.0. The molecule has 36 heavy (non-hydrogen) atoms. The number of amides is 3. The van der Waals surface area contributed by atoms with E-state index in [1.54, 1.807) is 35.2 Å². The first kappa shape index (κ1) is 25.7. The van der Waals surface area contributed by atoms with Gasteiger partial charge in [-0.15, -0.1) is 0 Å². The van der Waals surface area contributed by atoms with E-state index in [0.29, 0.717) is 54.0 Å². The number of benzene rings is 3. The van der Waals surface area contributed by atoms with Gasteiger partial charge in [-0.1, -0.05) is 42.5 Å². The van der Waals surface area contributed by atoms with Gasteiger partial charge in [0.1, 0.15) is 0 Å². The summed E-state index contributed by atoms with van der Waals surface area (Å²) in [4.78, 5) is 25.9. The first-order chi connectivity index (χ1) is 17.3. The zero-order valence-electron chi connectivity index (χ0n) is 20.4. The molecule has 9 heteroatoms. The average molecular weight is 509 g/mol. The highest BCUT2D eigenvalue weighted by molar-refractivity contribution is 7.89. The Labute approximate surface area is 211 Å². The summed E-state index contributed by atoms with van der Waals surface area (Å²) in [5.74, 6) is 0.218. The summed E-state index contributed by atoms with van der Waals surface area (Å²) in [6.07, 6.45) is 3.37. The van der Waals surface area contributed by atoms with Crippen LogP contribution in [0.15, 0.2) is 65.6 Å². The Kier molecular flexibility index (Phi) is 7.91. The Morgan fingerprint density at radius 2 is 1.64 bits per heavy atom. The van der Waals surface area contributed by atoms with Gasteiger partial charge in [0, 0.05) is 41.7 Å². The summed E-state index contributed by atoms with van der Waals surface area (Å²) in [5.41, 5.74) is 7.32. The van der Waals surface area contributed by atoms with Crippen molar-refractivity contribution in [2.75, 3.05) is 25.0 Å². The molecule has 0 unspecified atom stereocenters. The van der Waals surface area contributed by atoms with Crippen molar-refractivity contribution in [3.63, 3.8) is 0 Å². The number of aryl methyl sites for hydroxylation is 1. The molecule has 190 valence electrons. The number of urea groups is 1. The second kappa shape index (κ2) is 11.1. The summed E-state index contributed by atoms with van der Waals surface area (Å²) in [6.45, 7) is 3.52. The van der Waals surface area contributed by atoms with Crippen LogP contribution in [0.25, 0.3) is 10.8 Å². The quantitative estimate of drug-likeness (QED) is 0.394. The topological polar surface area (TPSA) is 122 Å². The standard InChI is InChI=1S/C27H32N4O4S/c1-19-7-2-3-9-21(19)26(32)30-24-12-13-25(23-11-5-4-10-22(23)24)36(34,35)29-16-6-8-20-14-17-31(18-15-20)27(28)33/h2-5,7,9-13,20,29H,6,8,14-18H2,1H3,(H2,28,33)(H,30,32). The van der Waals surface area contributed by atoms with Crippen LogP contribution < -0.4 is 15.8 Å². The molecule has 1 aliphatic heterocycles. The van der Waals surface area contributed by atoms with Gasteiger partial charge in [-0.3, -0.25) is 4.79 Å². The van der Waals surface area contributed by atoms with Gasteiger partial charge in [0.25, 0.3) is 5.91 Å². The van der Waals surface area contributed by atoms with Crippen molar-refractivity contribution in [3.8, 4) is 0 Å². The molecule has 4 rings (SSSR count). The van der Waals surface area contributed by atoms with Crippen LogP contribution in [-0.2, 0) is 10.0 Å². The fourth-order valence-electron chi connectivity index (χ4n) is 4.75. The largest absolute Gasteiger partial charge is 0.351 e. The molecule has 0 bridgehead atoms. The third-order valence-electron chi connectivity index (χ3n) is 6.82. The Bertz CT molecular complexity index is 1370. The minimum absolute atomic E-state index is 0.182. The number of hydrogen-bond acceptors (Lipinski definition) is 4. The van der Waals surface area contributed by atoms with E-state index in [1.165, 1.54) is 6.07 Å². The average Bonchev–Trinajstić information content (AvgIpc) is 2.87. The van der Waals surface area contributed by atoms with Crippen molar-refractivity contribution in [1.82, 2.24) is 9.62 Å². The van der Waals surface area contributed by atoms with Gasteiger partial charge < -0.3 is 16.0 Å². The van der Waals surface area contributed by atoms with Crippen molar-refractivity contribution in [3.05, 3.63) is 71.8 Å². The van der Waals surface area contributed by atoms with E-state index in [2.05, 4.69) is 10.0 Å².